The lowest BCUT2D eigenvalue weighted by Gasteiger charge is -2.02. The van der Waals surface area contributed by atoms with Crippen molar-refractivity contribution in [2.45, 2.75) is 26.2 Å². The zero-order valence-corrected chi connectivity index (χ0v) is 15.7. The van der Waals surface area contributed by atoms with Crippen LogP contribution in [0.1, 0.15) is 41.3 Å². The van der Waals surface area contributed by atoms with Crippen LogP contribution >= 0.6 is 11.8 Å². The van der Waals surface area contributed by atoms with E-state index in [1.807, 2.05) is 12.1 Å². The summed E-state index contributed by atoms with van der Waals surface area (Å²) in [5.74, 6) is -1.44. The van der Waals surface area contributed by atoms with Crippen molar-refractivity contribution in [3.05, 3.63) is 70.1 Å². The molecule has 0 saturated carbocycles. The van der Waals surface area contributed by atoms with E-state index < -0.39 is 5.97 Å². The molecule has 27 heavy (non-hydrogen) atoms. The molecular weight excluding hydrogens is 360 g/mol. The minimum Gasteiger partial charge on any atom is -0.545 e. The molecule has 0 unspecified atom stereocenters. The van der Waals surface area contributed by atoms with Gasteiger partial charge in [-0.3, -0.25) is 4.79 Å². The molecule has 1 amide bonds. The van der Waals surface area contributed by atoms with Gasteiger partial charge in [-0.05, 0) is 59.5 Å². The van der Waals surface area contributed by atoms with E-state index in [2.05, 4.69) is 29.4 Å². The Labute approximate surface area is 162 Å². The van der Waals surface area contributed by atoms with Gasteiger partial charge in [0, 0.05) is 0 Å². The van der Waals surface area contributed by atoms with Crippen molar-refractivity contribution in [3.63, 3.8) is 0 Å². The summed E-state index contributed by atoms with van der Waals surface area (Å²) in [4.78, 5) is 27.9. The number of aliphatic imine (C=N–C) groups is 1. The summed E-state index contributed by atoms with van der Waals surface area (Å²) in [6.45, 7) is 2.17. The third kappa shape index (κ3) is 5.08. The Bertz CT molecular complexity index is 900. The second-order valence-electron chi connectivity index (χ2n) is 6.16. The van der Waals surface area contributed by atoms with Crippen molar-refractivity contribution in [1.82, 2.24) is 5.32 Å². The fourth-order valence-electron chi connectivity index (χ4n) is 2.58. The lowest BCUT2D eigenvalue weighted by atomic mass is 10.1. The smallest absolute Gasteiger partial charge is 0.264 e. The summed E-state index contributed by atoms with van der Waals surface area (Å²) < 4.78 is 0. The van der Waals surface area contributed by atoms with E-state index in [1.165, 1.54) is 29.5 Å². The van der Waals surface area contributed by atoms with Crippen molar-refractivity contribution in [1.29, 1.82) is 0 Å². The number of nitrogens with one attached hydrogen (secondary N) is 1. The third-order valence-corrected chi connectivity index (χ3v) is 4.99. The number of aryl methyl sites for hydroxylation is 1. The summed E-state index contributed by atoms with van der Waals surface area (Å²) in [6, 6.07) is 14.2. The van der Waals surface area contributed by atoms with Gasteiger partial charge in [0.05, 0.1) is 16.6 Å². The zero-order valence-electron chi connectivity index (χ0n) is 14.9. The second-order valence-corrected chi connectivity index (χ2v) is 7.19. The van der Waals surface area contributed by atoms with Crippen LogP contribution in [0.4, 0.5) is 5.69 Å². The fraction of sp³-hybridized carbons (Fsp3) is 0.190. The fourth-order valence-corrected chi connectivity index (χ4v) is 3.42. The Morgan fingerprint density at radius 2 is 1.85 bits per heavy atom. The Balaban J connectivity index is 1.70. The highest BCUT2D eigenvalue weighted by molar-refractivity contribution is 8.18. The van der Waals surface area contributed by atoms with Crippen molar-refractivity contribution in [2.75, 3.05) is 0 Å². The highest BCUT2D eigenvalue weighted by atomic mass is 32.2. The molecule has 2 aromatic rings. The van der Waals surface area contributed by atoms with E-state index in [1.54, 1.807) is 18.2 Å². The normalized spacial score (nSPS) is 16.7. The van der Waals surface area contributed by atoms with Crippen LogP contribution < -0.4 is 10.4 Å². The topological polar surface area (TPSA) is 81.6 Å². The first-order valence-corrected chi connectivity index (χ1v) is 9.57. The number of unbranched alkanes of at least 4 members (excludes halogenated alkanes) is 1. The number of nitrogens with zero attached hydrogens (tertiary/aromatic N) is 1. The first-order chi connectivity index (χ1) is 13.0. The summed E-state index contributed by atoms with van der Waals surface area (Å²) in [7, 11) is 0. The lowest BCUT2D eigenvalue weighted by Crippen LogP contribution is -2.21. The molecule has 0 aliphatic carbocycles. The van der Waals surface area contributed by atoms with E-state index in [-0.39, 0.29) is 11.5 Å². The number of hydrogen-bond donors (Lipinski definition) is 1. The molecule has 1 saturated heterocycles. The van der Waals surface area contributed by atoms with Crippen molar-refractivity contribution < 1.29 is 14.7 Å². The second kappa shape index (κ2) is 8.68. The highest BCUT2D eigenvalue weighted by Crippen LogP contribution is 2.28. The Hall–Kier alpha value is -2.86. The van der Waals surface area contributed by atoms with Crippen LogP contribution in [0.3, 0.4) is 0 Å². The molecule has 0 atom stereocenters. The molecule has 138 valence electrons. The number of amides is 1. The summed E-state index contributed by atoms with van der Waals surface area (Å²) in [5, 5.41) is 14.1. The lowest BCUT2D eigenvalue weighted by molar-refractivity contribution is -0.255. The number of carboxylic acids is 1. The SMILES string of the molecule is CCCCc1ccc(N=C2NC(=O)/C(=C/c3ccc(C(=O)[O-])cc3)S2)cc1. The number of rotatable bonds is 6. The van der Waals surface area contributed by atoms with Crippen molar-refractivity contribution >= 4 is 40.6 Å². The predicted octanol–water partition coefficient (Wildman–Crippen LogP) is 3.28. The number of benzene rings is 2. The number of carbonyl (C=O) groups excluding carboxylic acids is 2. The van der Waals surface area contributed by atoms with Gasteiger partial charge in [0.1, 0.15) is 0 Å². The Morgan fingerprint density at radius 1 is 1.15 bits per heavy atom. The van der Waals surface area contributed by atoms with E-state index in [0.29, 0.717) is 10.1 Å². The van der Waals surface area contributed by atoms with Gasteiger partial charge in [-0.1, -0.05) is 49.7 Å². The molecule has 0 radical (unpaired) electrons. The van der Waals surface area contributed by atoms with Crippen molar-refractivity contribution in [3.8, 4) is 0 Å². The molecular formula is C21H19N2O3S-. The quantitative estimate of drug-likeness (QED) is 0.781. The molecule has 3 rings (SSSR count). The molecule has 6 heteroatoms. The van der Waals surface area contributed by atoms with Gasteiger partial charge in [-0.25, -0.2) is 4.99 Å². The van der Waals surface area contributed by atoms with E-state index >= 15 is 0 Å². The Kier molecular flexibility index (Phi) is 6.08. The molecule has 0 spiro atoms. The molecule has 5 nitrogen and oxygen atoms in total. The van der Waals surface area contributed by atoms with Crippen LogP contribution in [0.15, 0.2) is 58.4 Å². The third-order valence-electron chi connectivity index (χ3n) is 4.08. The maximum Gasteiger partial charge on any atom is 0.264 e. The standard InChI is InChI=1S/C21H20N2O3S/c1-2-3-4-14-7-11-17(12-8-14)22-21-23-19(24)18(27-21)13-15-5-9-16(10-6-15)20(25)26/h5-13H,2-4H2,1H3,(H,25,26)(H,22,23,24)/p-1/b18-13-. The van der Waals surface area contributed by atoms with Crippen molar-refractivity contribution in [2.24, 2.45) is 4.99 Å². The monoisotopic (exact) mass is 379 g/mol. The largest absolute Gasteiger partial charge is 0.545 e. The summed E-state index contributed by atoms with van der Waals surface area (Å²) >= 11 is 1.26. The van der Waals surface area contributed by atoms with E-state index in [4.69, 9.17) is 0 Å². The maximum absolute atomic E-state index is 12.1. The van der Waals surface area contributed by atoms with Gasteiger partial charge in [0.25, 0.3) is 5.91 Å². The van der Waals surface area contributed by atoms with Crippen LogP contribution in [0.2, 0.25) is 0 Å². The molecule has 2 aromatic carbocycles. The van der Waals surface area contributed by atoms with E-state index in [9.17, 15) is 14.7 Å². The van der Waals surface area contributed by atoms with E-state index in [0.717, 1.165) is 30.5 Å². The minimum atomic E-state index is -1.22. The Morgan fingerprint density at radius 3 is 2.48 bits per heavy atom. The highest BCUT2D eigenvalue weighted by Gasteiger charge is 2.23. The number of hydrogen-bond acceptors (Lipinski definition) is 5. The van der Waals surface area contributed by atoms with Gasteiger partial charge < -0.3 is 15.2 Å². The van der Waals surface area contributed by atoms with Gasteiger partial charge in [-0.15, -0.1) is 0 Å². The van der Waals surface area contributed by atoms with Crippen LogP contribution in [-0.4, -0.2) is 17.0 Å². The van der Waals surface area contributed by atoms with Gasteiger partial charge >= 0.3 is 0 Å². The maximum atomic E-state index is 12.1. The molecule has 1 fully saturated rings. The minimum absolute atomic E-state index is 0.102. The number of thioether (sulfide) groups is 1. The molecule has 1 aliphatic rings. The number of aromatic carboxylic acids is 1. The van der Waals surface area contributed by atoms with Crippen LogP contribution in [0.25, 0.3) is 6.08 Å². The number of amidine groups is 1. The molecule has 0 aromatic heterocycles. The zero-order chi connectivity index (χ0) is 19.2. The first-order valence-electron chi connectivity index (χ1n) is 8.75. The van der Waals surface area contributed by atoms with Gasteiger partial charge in [0.15, 0.2) is 5.17 Å². The molecule has 1 N–H and O–H groups in total. The van der Waals surface area contributed by atoms with Crippen LogP contribution in [0.5, 0.6) is 0 Å². The van der Waals surface area contributed by atoms with Gasteiger partial charge in [-0.2, -0.15) is 0 Å². The predicted molar refractivity (Wildman–Crippen MR) is 107 cm³/mol. The summed E-state index contributed by atoms with van der Waals surface area (Å²) in [6.07, 6.45) is 5.09. The number of carboxylic acid groups (broad SMARTS) is 1. The molecule has 0 bridgehead atoms. The van der Waals surface area contributed by atoms with Gasteiger partial charge in [0.2, 0.25) is 0 Å². The average molecular weight is 379 g/mol. The first kappa shape index (κ1) is 18.9. The van der Waals surface area contributed by atoms with Crippen LogP contribution in [0, 0.1) is 0 Å². The average Bonchev–Trinajstić information content (AvgIpc) is 3.00. The summed E-state index contributed by atoms with van der Waals surface area (Å²) in [5.41, 5.74) is 2.91. The molecule has 1 aliphatic heterocycles. The molecule has 1 heterocycles. The van der Waals surface area contributed by atoms with Crippen LogP contribution in [-0.2, 0) is 11.2 Å². The number of carbonyl (C=O) groups is 2.